The fourth-order valence-corrected chi connectivity index (χ4v) is 6.63. The van der Waals surface area contributed by atoms with Gasteiger partial charge in [0.2, 0.25) is 17.6 Å². The molecule has 3 aromatic rings. The SMILES string of the molecule is COc1cccc2[nH]c(C(=O)N3CC4CCCC4C3C(=O)NC(CC3CCNC3=O)C(=O)c3ncc[nH]3)cc12. The van der Waals surface area contributed by atoms with Gasteiger partial charge in [0.1, 0.15) is 17.5 Å². The number of imidazole rings is 1. The Kier molecular flexibility index (Phi) is 6.58. The lowest BCUT2D eigenvalue weighted by Gasteiger charge is -2.29. The molecule has 4 heterocycles. The van der Waals surface area contributed by atoms with E-state index in [1.807, 2.05) is 18.2 Å². The molecule has 39 heavy (non-hydrogen) atoms. The van der Waals surface area contributed by atoms with Crippen LogP contribution in [0.1, 0.15) is 53.2 Å². The van der Waals surface area contributed by atoms with Gasteiger partial charge in [-0.2, -0.15) is 0 Å². The van der Waals surface area contributed by atoms with Crippen molar-refractivity contribution < 1.29 is 23.9 Å². The summed E-state index contributed by atoms with van der Waals surface area (Å²) in [7, 11) is 1.58. The van der Waals surface area contributed by atoms with Crippen molar-refractivity contribution in [3.8, 4) is 5.75 Å². The third kappa shape index (κ3) is 4.55. The first-order chi connectivity index (χ1) is 18.9. The Balaban J connectivity index is 1.28. The zero-order valence-electron chi connectivity index (χ0n) is 21.7. The summed E-state index contributed by atoms with van der Waals surface area (Å²) in [5, 5.41) is 6.52. The number of likely N-dealkylation sites (tertiary alicyclic amines) is 1. The van der Waals surface area contributed by atoms with Crippen molar-refractivity contribution >= 4 is 34.4 Å². The van der Waals surface area contributed by atoms with Crippen molar-refractivity contribution in [2.45, 2.75) is 44.2 Å². The van der Waals surface area contributed by atoms with Crippen molar-refractivity contribution in [1.29, 1.82) is 0 Å². The number of benzene rings is 1. The molecule has 3 fully saturated rings. The molecule has 6 rings (SSSR count). The molecular weight excluding hydrogens is 500 g/mol. The van der Waals surface area contributed by atoms with E-state index < -0.39 is 12.1 Å². The standard InChI is InChI=1S/C28H32N6O5/c1-39-22-7-3-6-19-18(22)13-21(32-19)28(38)34-14-16-4-2-5-17(16)23(34)27(37)33-20(12-15-8-9-31-26(15)36)24(35)25-29-10-11-30-25/h3,6-7,10-11,13,15-17,20,23,32H,2,4-5,8-9,12,14H2,1H3,(H,29,30)(H,31,36)(H,33,37). The number of rotatable bonds is 8. The summed E-state index contributed by atoms with van der Waals surface area (Å²) in [6, 6.07) is 5.68. The highest BCUT2D eigenvalue weighted by Gasteiger charge is 2.50. The van der Waals surface area contributed by atoms with Crippen LogP contribution in [-0.2, 0) is 9.59 Å². The highest BCUT2D eigenvalue weighted by Crippen LogP contribution is 2.43. The maximum atomic E-state index is 13.9. The minimum atomic E-state index is -0.938. The number of hydrogen-bond donors (Lipinski definition) is 4. The van der Waals surface area contributed by atoms with Crippen LogP contribution in [0.15, 0.2) is 36.7 Å². The number of nitrogens with one attached hydrogen (secondary N) is 4. The lowest BCUT2D eigenvalue weighted by Crippen LogP contribution is -2.53. The Bertz CT molecular complexity index is 1410. The topological polar surface area (TPSA) is 149 Å². The number of aromatic nitrogens is 3. The zero-order chi connectivity index (χ0) is 27.1. The third-order valence-electron chi connectivity index (χ3n) is 8.54. The molecule has 2 aromatic heterocycles. The van der Waals surface area contributed by atoms with E-state index >= 15 is 0 Å². The van der Waals surface area contributed by atoms with Gasteiger partial charge in [0.05, 0.1) is 13.2 Å². The van der Waals surface area contributed by atoms with Crippen molar-refractivity contribution in [2.75, 3.05) is 20.2 Å². The molecular formula is C28H32N6O5. The first-order valence-electron chi connectivity index (χ1n) is 13.5. The van der Waals surface area contributed by atoms with E-state index in [1.54, 1.807) is 24.3 Å². The van der Waals surface area contributed by atoms with Gasteiger partial charge < -0.3 is 30.2 Å². The molecule has 3 aliphatic rings. The number of aromatic amines is 2. The lowest BCUT2D eigenvalue weighted by molar-refractivity contribution is -0.127. The number of carbonyl (C=O) groups excluding carboxylic acids is 4. The first kappa shape index (κ1) is 25.1. The minimum absolute atomic E-state index is 0.0157. The monoisotopic (exact) mass is 532 g/mol. The van der Waals surface area contributed by atoms with Gasteiger partial charge in [0.25, 0.3) is 5.91 Å². The van der Waals surface area contributed by atoms with Gasteiger partial charge in [0.15, 0.2) is 5.82 Å². The number of hydrogen-bond acceptors (Lipinski definition) is 6. The molecule has 5 unspecified atom stereocenters. The van der Waals surface area contributed by atoms with Crippen LogP contribution in [0.3, 0.4) is 0 Å². The van der Waals surface area contributed by atoms with Crippen LogP contribution < -0.4 is 15.4 Å². The number of fused-ring (bicyclic) bond motifs is 2. The van der Waals surface area contributed by atoms with Crippen molar-refractivity contribution in [3.63, 3.8) is 0 Å². The fraction of sp³-hybridized carbons (Fsp3) is 0.464. The molecule has 5 atom stereocenters. The molecule has 0 bridgehead atoms. The van der Waals surface area contributed by atoms with Crippen LogP contribution >= 0.6 is 0 Å². The summed E-state index contributed by atoms with van der Waals surface area (Å²) in [5.41, 5.74) is 1.16. The third-order valence-corrected chi connectivity index (χ3v) is 8.54. The average Bonchev–Trinajstić information content (AvgIpc) is 3.75. The molecule has 3 amide bonds. The predicted octanol–water partition coefficient (Wildman–Crippen LogP) is 2.03. The molecule has 1 saturated carbocycles. The van der Waals surface area contributed by atoms with E-state index in [-0.39, 0.29) is 53.5 Å². The Labute approximate surface area is 225 Å². The van der Waals surface area contributed by atoms with Gasteiger partial charge in [0, 0.05) is 42.3 Å². The second-order valence-corrected chi connectivity index (χ2v) is 10.7. The van der Waals surface area contributed by atoms with E-state index in [0.717, 1.165) is 30.2 Å². The first-order valence-corrected chi connectivity index (χ1v) is 13.5. The van der Waals surface area contributed by atoms with Gasteiger partial charge in [-0.1, -0.05) is 12.5 Å². The number of Topliss-reactive ketones (excluding diaryl/α,β-unsaturated/α-hetero) is 1. The van der Waals surface area contributed by atoms with Crippen LogP contribution in [0.5, 0.6) is 5.75 Å². The average molecular weight is 533 g/mol. The molecule has 204 valence electrons. The van der Waals surface area contributed by atoms with Gasteiger partial charge >= 0.3 is 0 Å². The second kappa shape index (κ2) is 10.2. The van der Waals surface area contributed by atoms with Gasteiger partial charge in [-0.25, -0.2) is 4.98 Å². The quantitative estimate of drug-likeness (QED) is 0.326. The van der Waals surface area contributed by atoms with E-state index in [2.05, 4.69) is 25.6 Å². The van der Waals surface area contributed by atoms with Gasteiger partial charge in [-0.05, 0) is 55.7 Å². The normalized spacial score (nSPS) is 24.9. The van der Waals surface area contributed by atoms with E-state index in [9.17, 15) is 19.2 Å². The highest BCUT2D eigenvalue weighted by molar-refractivity contribution is 6.03. The Hall–Kier alpha value is -4.15. The number of carbonyl (C=O) groups is 4. The molecule has 11 nitrogen and oxygen atoms in total. The van der Waals surface area contributed by atoms with E-state index in [0.29, 0.717) is 31.0 Å². The van der Waals surface area contributed by atoms with Crippen molar-refractivity contribution in [3.05, 3.63) is 48.2 Å². The summed E-state index contributed by atoms with van der Waals surface area (Å²) in [6.45, 7) is 1.03. The summed E-state index contributed by atoms with van der Waals surface area (Å²) >= 11 is 0. The second-order valence-electron chi connectivity index (χ2n) is 10.7. The molecule has 2 aliphatic heterocycles. The minimum Gasteiger partial charge on any atom is -0.496 e. The smallest absolute Gasteiger partial charge is 0.271 e. The maximum absolute atomic E-state index is 13.9. The Morgan fingerprint density at radius 3 is 2.85 bits per heavy atom. The predicted molar refractivity (Wildman–Crippen MR) is 141 cm³/mol. The van der Waals surface area contributed by atoms with Crippen LogP contribution in [0, 0.1) is 17.8 Å². The largest absolute Gasteiger partial charge is 0.496 e. The van der Waals surface area contributed by atoms with Crippen LogP contribution in [0.4, 0.5) is 0 Å². The van der Waals surface area contributed by atoms with Crippen LogP contribution in [0.25, 0.3) is 10.9 Å². The molecule has 1 aromatic carbocycles. The summed E-state index contributed by atoms with van der Waals surface area (Å²) in [6.07, 6.45) is 6.59. The van der Waals surface area contributed by atoms with E-state index in [1.165, 1.54) is 6.20 Å². The molecule has 11 heteroatoms. The number of H-pyrrole nitrogens is 2. The van der Waals surface area contributed by atoms with Crippen molar-refractivity contribution in [1.82, 2.24) is 30.5 Å². The number of amides is 3. The Morgan fingerprint density at radius 1 is 1.23 bits per heavy atom. The molecule has 0 spiro atoms. The molecule has 0 radical (unpaired) electrons. The lowest BCUT2D eigenvalue weighted by atomic mass is 9.91. The summed E-state index contributed by atoms with van der Waals surface area (Å²) in [5.74, 6) is -0.475. The number of nitrogens with zero attached hydrogens (tertiary/aromatic N) is 2. The van der Waals surface area contributed by atoms with Crippen LogP contribution in [-0.4, -0.2) is 75.6 Å². The van der Waals surface area contributed by atoms with Gasteiger partial charge in [-0.15, -0.1) is 0 Å². The zero-order valence-corrected chi connectivity index (χ0v) is 21.7. The molecule has 1 aliphatic carbocycles. The number of methoxy groups -OCH3 is 1. The van der Waals surface area contributed by atoms with E-state index in [4.69, 9.17) is 4.74 Å². The highest BCUT2D eigenvalue weighted by atomic mass is 16.5. The number of ketones is 1. The number of ether oxygens (including phenoxy) is 1. The van der Waals surface area contributed by atoms with Gasteiger partial charge in [-0.3, -0.25) is 19.2 Å². The molecule has 2 saturated heterocycles. The summed E-state index contributed by atoms with van der Waals surface area (Å²) in [4.78, 5) is 65.1. The summed E-state index contributed by atoms with van der Waals surface area (Å²) < 4.78 is 5.45. The van der Waals surface area contributed by atoms with Crippen LogP contribution in [0.2, 0.25) is 0 Å². The Morgan fingerprint density at radius 2 is 2.10 bits per heavy atom. The van der Waals surface area contributed by atoms with Crippen molar-refractivity contribution in [2.24, 2.45) is 17.8 Å². The fourth-order valence-electron chi connectivity index (χ4n) is 6.63. The maximum Gasteiger partial charge on any atom is 0.271 e. The molecule has 4 N–H and O–H groups in total.